The van der Waals surface area contributed by atoms with Crippen molar-refractivity contribution in [1.82, 2.24) is 4.98 Å². The largest absolute Gasteiger partial charge is 0.326 e. The first-order valence-electron chi connectivity index (χ1n) is 6.47. The number of anilines is 2. The predicted molar refractivity (Wildman–Crippen MR) is 82.5 cm³/mol. The Morgan fingerprint density at radius 2 is 1.95 bits per heavy atom. The molecule has 110 valence electrons. The summed E-state index contributed by atoms with van der Waals surface area (Å²) >= 11 is 1.30. The van der Waals surface area contributed by atoms with Crippen molar-refractivity contribution in [1.29, 1.82) is 0 Å². The van der Waals surface area contributed by atoms with Gasteiger partial charge in [-0.05, 0) is 25.1 Å². The van der Waals surface area contributed by atoms with E-state index in [1.54, 1.807) is 25.1 Å². The van der Waals surface area contributed by atoms with Gasteiger partial charge in [-0.25, -0.2) is 4.98 Å². The number of fused-ring (bicyclic) bond motifs is 1. The SMILES string of the molecule is CCC(=O)Nc1ccc2nc(NC(=O)CC(C)=O)sc2c1. The van der Waals surface area contributed by atoms with Crippen LogP contribution in [-0.4, -0.2) is 22.6 Å². The van der Waals surface area contributed by atoms with E-state index in [2.05, 4.69) is 15.6 Å². The molecule has 0 atom stereocenters. The van der Waals surface area contributed by atoms with Gasteiger partial charge in [0.15, 0.2) is 5.13 Å². The normalized spacial score (nSPS) is 10.4. The fourth-order valence-electron chi connectivity index (χ4n) is 1.69. The molecule has 0 spiro atoms. The van der Waals surface area contributed by atoms with Crippen LogP contribution in [0.4, 0.5) is 10.8 Å². The Bertz CT molecular complexity index is 709. The van der Waals surface area contributed by atoms with Crippen LogP contribution in [0.3, 0.4) is 0 Å². The highest BCUT2D eigenvalue weighted by Gasteiger charge is 2.10. The molecule has 6 nitrogen and oxygen atoms in total. The lowest BCUT2D eigenvalue weighted by Gasteiger charge is -2.02. The van der Waals surface area contributed by atoms with Crippen molar-refractivity contribution in [3.8, 4) is 0 Å². The topological polar surface area (TPSA) is 88.2 Å². The molecule has 0 fully saturated rings. The van der Waals surface area contributed by atoms with Crippen LogP contribution in [0.5, 0.6) is 0 Å². The highest BCUT2D eigenvalue weighted by atomic mass is 32.1. The number of carbonyl (C=O) groups is 3. The zero-order valence-electron chi connectivity index (χ0n) is 11.7. The maximum Gasteiger partial charge on any atom is 0.233 e. The molecule has 7 heteroatoms. The number of aromatic nitrogens is 1. The maximum atomic E-state index is 11.5. The van der Waals surface area contributed by atoms with E-state index in [0.29, 0.717) is 17.2 Å². The minimum Gasteiger partial charge on any atom is -0.326 e. The van der Waals surface area contributed by atoms with Crippen molar-refractivity contribution in [2.24, 2.45) is 0 Å². The van der Waals surface area contributed by atoms with E-state index in [0.717, 1.165) is 10.2 Å². The van der Waals surface area contributed by atoms with Gasteiger partial charge in [0, 0.05) is 12.1 Å². The lowest BCUT2D eigenvalue weighted by molar-refractivity contribution is -0.124. The molecule has 0 aliphatic rings. The van der Waals surface area contributed by atoms with E-state index in [1.165, 1.54) is 18.3 Å². The van der Waals surface area contributed by atoms with Gasteiger partial charge in [0.25, 0.3) is 0 Å². The molecule has 0 bridgehead atoms. The number of nitrogens with one attached hydrogen (secondary N) is 2. The summed E-state index contributed by atoms with van der Waals surface area (Å²) in [5, 5.41) is 5.80. The summed E-state index contributed by atoms with van der Waals surface area (Å²) in [7, 11) is 0. The predicted octanol–water partition coefficient (Wildman–Crippen LogP) is 2.56. The Hall–Kier alpha value is -2.28. The van der Waals surface area contributed by atoms with Crippen molar-refractivity contribution in [2.75, 3.05) is 10.6 Å². The third kappa shape index (κ3) is 4.09. The van der Waals surface area contributed by atoms with Gasteiger partial charge in [-0.3, -0.25) is 14.4 Å². The number of hydrogen-bond donors (Lipinski definition) is 2. The number of carbonyl (C=O) groups excluding carboxylic acids is 3. The number of amides is 2. The Morgan fingerprint density at radius 3 is 2.62 bits per heavy atom. The number of Topliss-reactive ketones (excluding diaryl/α,β-unsaturated/α-hetero) is 1. The van der Waals surface area contributed by atoms with Crippen LogP contribution in [0.25, 0.3) is 10.2 Å². The van der Waals surface area contributed by atoms with Crippen molar-refractivity contribution in [3.05, 3.63) is 18.2 Å². The second-order valence-corrected chi connectivity index (χ2v) is 5.56. The smallest absolute Gasteiger partial charge is 0.233 e. The fourth-order valence-corrected chi connectivity index (χ4v) is 2.62. The number of nitrogens with zero attached hydrogens (tertiary/aromatic N) is 1. The van der Waals surface area contributed by atoms with Crippen LogP contribution in [0.15, 0.2) is 18.2 Å². The van der Waals surface area contributed by atoms with E-state index >= 15 is 0 Å². The summed E-state index contributed by atoms with van der Waals surface area (Å²) < 4.78 is 0.849. The van der Waals surface area contributed by atoms with Crippen molar-refractivity contribution in [3.63, 3.8) is 0 Å². The summed E-state index contributed by atoms with van der Waals surface area (Å²) in [5.74, 6) is -0.631. The van der Waals surface area contributed by atoms with Crippen molar-refractivity contribution < 1.29 is 14.4 Å². The molecule has 1 aromatic carbocycles. The molecule has 0 saturated carbocycles. The van der Waals surface area contributed by atoms with Crippen molar-refractivity contribution in [2.45, 2.75) is 26.7 Å². The Kier molecular flexibility index (Phi) is 4.64. The van der Waals surface area contributed by atoms with Crippen LogP contribution in [0.1, 0.15) is 26.7 Å². The third-order valence-electron chi connectivity index (χ3n) is 2.65. The minimum atomic E-state index is -0.374. The van der Waals surface area contributed by atoms with Crippen molar-refractivity contribution >= 4 is 50.0 Å². The molecule has 0 aliphatic carbocycles. The summed E-state index contributed by atoms with van der Waals surface area (Å²) in [5.41, 5.74) is 1.42. The van der Waals surface area contributed by atoms with E-state index in [9.17, 15) is 14.4 Å². The summed E-state index contributed by atoms with van der Waals surface area (Å²) in [6.07, 6.45) is 0.251. The monoisotopic (exact) mass is 305 g/mol. The lowest BCUT2D eigenvalue weighted by atomic mass is 10.3. The highest BCUT2D eigenvalue weighted by molar-refractivity contribution is 7.22. The summed E-state index contributed by atoms with van der Waals surface area (Å²) in [4.78, 5) is 38.0. The average molecular weight is 305 g/mol. The second-order valence-electron chi connectivity index (χ2n) is 4.53. The quantitative estimate of drug-likeness (QED) is 0.831. The van der Waals surface area contributed by atoms with Crippen LogP contribution >= 0.6 is 11.3 Å². The van der Waals surface area contributed by atoms with Crippen LogP contribution in [0, 0.1) is 0 Å². The standard InChI is InChI=1S/C14H15N3O3S/c1-3-12(19)15-9-4-5-10-11(7-9)21-14(16-10)17-13(20)6-8(2)18/h4-5,7H,3,6H2,1-2H3,(H,15,19)(H,16,17,20). The van der Waals surface area contributed by atoms with E-state index in [-0.39, 0.29) is 24.0 Å². The zero-order chi connectivity index (χ0) is 15.4. The van der Waals surface area contributed by atoms with Crippen LogP contribution in [0.2, 0.25) is 0 Å². The maximum absolute atomic E-state index is 11.5. The van der Waals surface area contributed by atoms with Gasteiger partial charge in [-0.15, -0.1) is 0 Å². The first-order valence-corrected chi connectivity index (χ1v) is 7.29. The minimum absolute atomic E-state index is 0.0613. The molecule has 0 unspecified atom stereocenters. The zero-order valence-corrected chi connectivity index (χ0v) is 12.5. The van der Waals surface area contributed by atoms with Gasteiger partial charge in [0.2, 0.25) is 11.8 Å². The van der Waals surface area contributed by atoms with Gasteiger partial charge < -0.3 is 10.6 Å². The molecule has 21 heavy (non-hydrogen) atoms. The number of hydrogen-bond acceptors (Lipinski definition) is 5. The van der Waals surface area contributed by atoms with Gasteiger partial charge in [-0.1, -0.05) is 18.3 Å². The molecule has 0 saturated heterocycles. The van der Waals surface area contributed by atoms with Gasteiger partial charge >= 0.3 is 0 Å². The number of ketones is 1. The molecule has 2 N–H and O–H groups in total. The Morgan fingerprint density at radius 1 is 1.19 bits per heavy atom. The highest BCUT2D eigenvalue weighted by Crippen LogP contribution is 2.28. The Balaban J connectivity index is 2.16. The molecule has 1 aromatic heterocycles. The van der Waals surface area contributed by atoms with Crippen LogP contribution in [-0.2, 0) is 14.4 Å². The first kappa shape index (κ1) is 15.1. The van der Waals surface area contributed by atoms with Crippen LogP contribution < -0.4 is 10.6 Å². The summed E-state index contributed by atoms with van der Waals surface area (Å²) in [6, 6.07) is 5.34. The molecule has 2 rings (SSSR count). The van der Waals surface area contributed by atoms with E-state index in [4.69, 9.17) is 0 Å². The molecular weight excluding hydrogens is 290 g/mol. The first-order chi connectivity index (χ1) is 9.97. The van der Waals surface area contributed by atoms with Gasteiger partial charge in [-0.2, -0.15) is 0 Å². The van der Waals surface area contributed by atoms with E-state index in [1.807, 2.05) is 0 Å². The number of rotatable bonds is 5. The fraction of sp³-hybridized carbons (Fsp3) is 0.286. The number of thiazole rings is 1. The Labute approximate surface area is 125 Å². The molecule has 2 aromatic rings. The molecular formula is C14H15N3O3S. The number of benzene rings is 1. The second kappa shape index (κ2) is 6.45. The molecule has 0 aliphatic heterocycles. The molecule has 1 heterocycles. The average Bonchev–Trinajstić information content (AvgIpc) is 2.78. The van der Waals surface area contributed by atoms with Gasteiger partial charge in [0.05, 0.1) is 16.6 Å². The summed E-state index contributed by atoms with van der Waals surface area (Å²) in [6.45, 7) is 3.14. The third-order valence-corrected chi connectivity index (χ3v) is 3.58. The lowest BCUT2D eigenvalue weighted by Crippen LogP contribution is -2.14. The van der Waals surface area contributed by atoms with E-state index < -0.39 is 0 Å². The molecule has 0 radical (unpaired) electrons. The van der Waals surface area contributed by atoms with Gasteiger partial charge in [0.1, 0.15) is 5.78 Å². The molecule has 2 amide bonds.